The first kappa shape index (κ1) is 20.4. The molecule has 0 spiro atoms. The minimum atomic E-state index is -3.95. The van der Waals surface area contributed by atoms with E-state index in [9.17, 15) is 13.2 Å². The maximum Gasteiger partial charge on any atom is 0.262 e. The van der Waals surface area contributed by atoms with Crippen molar-refractivity contribution in [1.82, 2.24) is 5.16 Å². The van der Waals surface area contributed by atoms with Crippen molar-refractivity contribution in [2.24, 2.45) is 0 Å². The van der Waals surface area contributed by atoms with Crippen LogP contribution in [0.25, 0.3) is 0 Å². The molecule has 9 heteroatoms. The zero-order chi connectivity index (χ0) is 21.2. The van der Waals surface area contributed by atoms with Crippen molar-refractivity contribution >= 4 is 27.3 Å². The number of nitrogens with one attached hydrogen (secondary N) is 2. The van der Waals surface area contributed by atoms with Crippen molar-refractivity contribution in [1.29, 1.82) is 0 Å². The summed E-state index contributed by atoms with van der Waals surface area (Å²) in [5.74, 6) is 0.392. The molecule has 1 heterocycles. The Hall–Kier alpha value is -3.33. The molecular formula is C20H21N3O5S. The number of methoxy groups -OCH3 is 1. The van der Waals surface area contributed by atoms with E-state index in [4.69, 9.17) is 9.26 Å². The lowest BCUT2D eigenvalue weighted by Crippen LogP contribution is -2.17. The molecule has 2 N–H and O–H groups in total. The van der Waals surface area contributed by atoms with Crippen molar-refractivity contribution in [3.63, 3.8) is 0 Å². The molecule has 1 aromatic heterocycles. The van der Waals surface area contributed by atoms with Crippen molar-refractivity contribution in [2.75, 3.05) is 17.1 Å². The summed E-state index contributed by atoms with van der Waals surface area (Å²) in [6.45, 7) is 5.04. The Bertz CT molecular complexity index is 1150. The van der Waals surface area contributed by atoms with E-state index in [0.29, 0.717) is 34.1 Å². The molecule has 8 nitrogen and oxygen atoms in total. The molecule has 152 valence electrons. The second kappa shape index (κ2) is 7.96. The molecule has 0 fully saturated rings. The van der Waals surface area contributed by atoms with Gasteiger partial charge in [0, 0.05) is 5.56 Å². The quantitative estimate of drug-likeness (QED) is 0.636. The second-order valence-corrected chi connectivity index (χ2v) is 8.09. The van der Waals surface area contributed by atoms with Gasteiger partial charge >= 0.3 is 0 Å². The van der Waals surface area contributed by atoms with E-state index in [-0.39, 0.29) is 10.5 Å². The van der Waals surface area contributed by atoms with Gasteiger partial charge in [0.1, 0.15) is 17.1 Å². The van der Waals surface area contributed by atoms with Gasteiger partial charge in [0.25, 0.3) is 15.9 Å². The maximum absolute atomic E-state index is 13.0. The fraction of sp³-hybridized carbons (Fsp3) is 0.200. The molecule has 0 saturated heterocycles. The van der Waals surface area contributed by atoms with E-state index in [1.54, 1.807) is 57.2 Å². The van der Waals surface area contributed by atoms with Crippen LogP contribution in [0.5, 0.6) is 5.75 Å². The number of sulfonamides is 1. The number of rotatable bonds is 6. The largest absolute Gasteiger partial charge is 0.495 e. The van der Waals surface area contributed by atoms with Crippen molar-refractivity contribution < 1.29 is 22.5 Å². The summed E-state index contributed by atoms with van der Waals surface area (Å²) in [6, 6.07) is 11.2. The summed E-state index contributed by atoms with van der Waals surface area (Å²) in [7, 11) is -2.50. The summed E-state index contributed by atoms with van der Waals surface area (Å²) in [5, 5.41) is 6.50. The minimum Gasteiger partial charge on any atom is -0.495 e. The van der Waals surface area contributed by atoms with Crippen molar-refractivity contribution in [3.8, 4) is 5.75 Å². The molecule has 0 aliphatic rings. The van der Waals surface area contributed by atoms with Gasteiger partial charge in [-0.05, 0) is 50.6 Å². The zero-order valence-electron chi connectivity index (χ0n) is 16.4. The van der Waals surface area contributed by atoms with Gasteiger partial charge in [0.15, 0.2) is 5.76 Å². The molecule has 0 atom stereocenters. The van der Waals surface area contributed by atoms with Gasteiger partial charge in [-0.15, -0.1) is 0 Å². The normalized spacial score (nSPS) is 11.2. The van der Waals surface area contributed by atoms with Crippen LogP contribution >= 0.6 is 0 Å². The first-order chi connectivity index (χ1) is 13.7. The smallest absolute Gasteiger partial charge is 0.262 e. The molecule has 3 rings (SSSR count). The number of nitrogens with zero attached hydrogens (tertiary/aromatic N) is 1. The molecule has 2 aromatic carbocycles. The first-order valence-corrected chi connectivity index (χ1v) is 10.2. The number of hydrogen-bond donors (Lipinski definition) is 2. The highest BCUT2D eigenvalue weighted by Crippen LogP contribution is 2.28. The zero-order valence-corrected chi connectivity index (χ0v) is 17.3. The predicted octanol–water partition coefficient (Wildman–Crippen LogP) is 3.66. The number of ether oxygens (including phenoxy) is 1. The standard InChI is InChI=1S/C20H21N3O5S/c1-12-9-10-15(20(24)21-19-13(2)22-28-14(19)3)11-18(12)29(25,26)23-16-7-5-6-8-17(16)27-4/h5-11,23H,1-4H3,(H,21,24). The molecule has 0 aliphatic heterocycles. The Morgan fingerprint density at radius 1 is 1.10 bits per heavy atom. The van der Waals surface area contributed by atoms with E-state index in [1.807, 2.05) is 0 Å². The van der Waals surface area contributed by atoms with Gasteiger partial charge in [-0.1, -0.05) is 23.4 Å². The third kappa shape index (κ3) is 4.24. The van der Waals surface area contributed by atoms with E-state index < -0.39 is 15.9 Å². The lowest BCUT2D eigenvalue weighted by atomic mass is 10.1. The van der Waals surface area contributed by atoms with E-state index in [1.165, 1.54) is 13.2 Å². The highest BCUT2D eigenvalue weighted by Gasteiger charge is 2.21. The van der Waals surface area contributed by atoms with Crippen molar-refractivity contribution in [3.05, 3.63) is 65.0 Å². The van der Waals surface area contributed by atoms with Crippen molar-refractivity contribution in [2.45, 2.75) is 25.7 Å². The summed E-state index contributed by atoms with van der Waals surface area (Å²) in [6.07, 6.45) is 0. The number of aryl methyl sites for hydroxylation is 3. The summed E-state index contributed by atoms with van der Waals surface area (Å²) < 4.78 is 38.7. The topological polar surface area (TPSA) is 111 Å². The van der Waals surface area contributed by atoms with Gasteiger partial charge < -0.3 is 14.6 Å². The number of anilines is 2. The molecule has 1 amide bonds. The molecule has 3 aromatic rings. The Morgan fingerprint density at radius 2 is 1.83 bits per heavy atom. The summed E-state index contributed by atoms with van der Waals surface area (Å²) in [5.41, 5.74) is 2.00. The average Bonchev–Trinajstić information content (AvgIpc) is 3.00. The van der Waals surface area contributed by atoms with Gasteiger partial charge in [-0.25, -0.2) is 8.42 Å². The second-order valence-electron chi connectivity index (χ2n) is 6.44. The Labute approximate surface area is 168 Å². The minimum absolute atomic E-state index is 0.00480. The molecule has 29 heavy (non-hydrogen) atoms. The van der Waals surface area contributed by atoms with E-state index in [2.05, 4.69) is 15.2 Å². The SMILES string of the molecule is COc1ccccc1NS(=O)(=O)c1cc(C(=O)Nc2c(C)noc2C)ccc1C. The van der Waals surface area contributed by atoms with Crippen LogP contribution in [0.3, 0.4) is 0 Å². The molecule has 0 unspecified atom stereocenters. The average molecular weight is 415 g/mol. The maximum atomic E-state index is 13.0. The fourth-order valence-corrected chi connectivity index (χ4v) is 4.15. The van der Waals surface area contributed by atoms with Gasteiger partial charge in [-0.3, -0.25) is 9.52 Å². The van der Waals surface area contributed by atoms with Crippen LogP contribution < -0.4 is 14.8 Å². The highest BCUT2D eigenvalue weighted by molar-refractivity contribution is 7.92. The third-order valence-corrected chi connectivity index (χ3v) is 5.87. The monoisotopic (exact) mass is 415 g/mol. The Balaban J connectivity index is 1.93. The number of para-hydroxylation sites is 2. The lowest BCUT2D eigenvalue weighted by molar-refractivity contribution is 0.102. The van der Waals surface area contributed by atoms with Gasteiger partial charge in [-0.2, -0.15) is 0 Å². The summed E-state index contributed by atoms with van der Waals surface area (Å²) in [4.78, 5) is 12.6. The van der Waals surface area contributed by atoms with E-state index in [0.717, 1.165) is 0 Å². The lowest BCUT2D eigenvalue weighted by Gasteiger charge is -2.14. The Kier molecular flexibility index (Phi) is 5.60. The molecular weight excluding hydrogens is 394 g/mol. The van der Waals surface area contributed by atoms with Crippen LogP contribution in [0, 0.1) is 20.8 Å². The van der Waals surface area contributed by atoms with Crippen LogP contribution in [0.2, 0.25) is 0 Å². The number of hydrogen-bond acceptors (Lipinski definition) is 6. The van der Waals surface area contributed by atoms with Crippen LogP contribution in [0.15, 0.2) is 51.9 Å². The molecule has 0 radical (unpaired) electrons. The highest BCUT2D eigenvalue weighted by atomic mass is 32.2. The number of carbonyl (C=O) groups excluding carboxylic acids is 1. The van der Waals surface area contributed by atoms with Crippen LogP contribution in [0.4, 0.5) is 11.4 Å². The third-order valence-electron chi connectivity index (χ3n) is 4.36. The summed E-state index contributed by atoms with van der Waals surface area (Å²) >= 11 is 0. The Morgan fingerprint density at radius 3 is 2.48 bits per heavy atom. The van der Waals surface area contributed by atoms with Crippen LogP contribution in [-0.2, 0) is 10.0 Å². The van der Waals surface area contributed by atoms with E-state index >= 15 is 0 Å². The number of amides is 1. The molecule has 0 bridgehead atoms. The van der Waals surface area contributed by atoms with Crippen LogP contribution in [-0.4, -0.2) is 26.6 Å². The number of aromatic nitrogens is 1. The van der Waals surface area contributed by atoms with Crippen LogP contribution in [0.1, 0.15) is 27.4 Å². The van der Waals surface area contributed by atoms with Gasteiger partial charge in [0.05, 0.1) is 17.7 Å². The van der Waals surface area contributed by atoms with Gasteiger partial charge in [0.2, 0.25) is 0 Å². The molecule has 0 aliphatic carbocycles. The fourth-order valence-electron chi connectivity index (χ4n) is 2.81. The predicted molar refractivity (Wildman–Crippen MR) is 109 cm³/mol. The number of benzene rings is 2. The number of carbonyl (C=O) groups is 1. The first-order valence-electron chi connectivity index (χ1n) is 8.73. The molecule has 0 saturated carbocycles.